The van der Waals surface area contributed by atoms with Crippen molar-refractivity contribution >= 4 is 6.03 Å². The minimum Gasteiger partial charge on any atom is -0.394 e. The third-order valence-corrected chi connectivity index (χ3v) is 3.07. The summed E-state index contributed by atoms with van der Waals surface area (Å²) in [6.45, 7) is 9.40. The van der Waals surface area contributed by atoms with E-state index >= 15 is 0 Å². The van der Waals surface area contributed by atoms with Crippen molar-refractivity contribution in [2.45, 2.75) is 52.1 Å². The summed E-state index contributed by atoms with van der Waals surface area (Å²) in [4.78, 5) is 17.7. The van der Waals surface area contributed by atoms with Crippen LogP contribution in [0.2, 0.25) is 0 Å². The molecule has 0 saturated carbocycles. The first-order valence-electron chi connectivity index (χ1n) is 6.65. The van der Waals surface area contributed by atoms with E-state index in [1.165, 1.54) is 4.90 Å². The molecular weight excluding hydrogens is 260 g/mol. The van der Waals surface area contributed by atoms with Crippen molar-refractivity contribution in [2.75, 3.05) is 13.7 Å². The van der Waals surface area contributed by atoms with Crippen molar-refractivity contribution in [3.8, 4) is 0 Å². The Morgan fingerprint density at radius 1 is 1.45 bits per heavy atom. The first-order valence-corrected chi connectivity index (χ1v) is 6.65. The van der Waals surface area contributed by atoms with Gasteiger partial charge >= 0.3 is 6.03 Å². The van der Waals surface area contributed by atoms with E-state index in [0.29, 0.717) is 11.7 Å². The highest BCUT2D eigenvalue weighted by molar-refractivity contribution is 5.74. The molecule has 2 unspecified atom stereocenters. The maximum atomic E-state index is 11.9. The van der Waals surface area contributed by atoms with Crippen LogP contribution in [-0.2, 0) is 5.41 Å². The number of carbonyl (C=O) groups is 1. The van der Waals surface area contributed by atoms with Gasteiger partial charge in [0.25, 0.3) is 0 Å². The molecule has 7 nitrogen and oxygen atoms in total. The minimum absolute atomic E-state index is 0.0902. The molecule has 2 amide bonds. The molecule has 2 atom stereocenters. The monoisotopic (exact) mass is 284 g/mol. The molecule has 0 aliphatic rings. The fourth-order valence-electron chi connectivity index (χ4n) is 1.39. The molecule has 0 aliphatic heterocycles. The van der Waals surface area contributed by atoms with Gasteiger partial charge in [-0.3, -0.25) is 0 Å². The number of aliphatic hydroxyl groups is 1. The van der Waals surface area contributed by atoms with Crippen LogP contribution in [0.1, 0.15) is 52.4 Å². The molecule has 0 saturated heterocycles. The Labute approximate surface area is 119 Å². The standard InChI is InChI=1S/C13H24N4O3/c1-8(7-18)17(6)12(19)14-9(2)10-15-11(16-20-10)13(3,4)5/h8-9,18H,7H2,1-6H3,(H,14,19). The molecule has 2 N–H and O–H groups in total. The smallest absolute Gasteiger partial charge is 0.318 e. The van der Waals surface area contributed by atoms with Gasteiger partial charge in [-0.05, 0) is 13.8 Å². The van der Waals surface area contributed by atoms with Gasteiger partial charge in [0.05, 0.1) is 12.6 Å². The van der Waals surface area contributed by atoms with Crippen LogP contribution in [0, 0.1) is 0 Å². The fraction of sp³-hybridized carbons (Fsp3) is 0.769. The molecule has 1 rings (SSSR count). The van der Waals surface area contributed by atoms with Crippen LogP contribution in [0.5, 0.6) is 0 Å². The van der Waals surface area contributed by atoms with Crippen LogP contribution in [-0.4, -0.2) is 45.9 Å². The minimum atomic E-state index is -0.389. The zero-order valence-electron chi connectivity index (χ0n) is 13.0. The number of nitrogens with one attached hydrogen (secondary N) is 1. The van der Waals surface area contributed by atoms with Gasteiger partial charge in [-0.2, -0.15) is 4.98 Å². The largest absolute Gasteiger partial charge is 0.394 e. The zero-order valence-corrected chi connectivity index (χ0v) is 13.0. The number of amides is 2. The maximum absolute atomic E-state index is 11.9. The van der Waals surface area contributed by atoms with E-state index < -0.39 is 0 Å². The molecule has 20 heavy (non-hydrogen) atoms. The van der Waals surface area contributed by atoms with E-state index in [2.05, 4.69) is 15.5 Å². The van der Waals surface area contributed by atoms with Crippen LogP contribution in [0.25, 0.3) is 0 Å². The van der Waals surface area contributed by atoms with Crippen LogP contribution in [0.3, 0.4) is 0 Å². The number of hydrogen-bond donors (Lipinski definition) is 2. The third kappa shape index (κ3) is 3.93. The Hall–Kier alpha value is -1.63. The van der Waals surface area contributed by atoms with E-state index in [1.54, 1.807) is 20.9 Å². The Balaban J connectivity index is 2.69. The highest BCUT2D eigenvalue weighted by Gasteiger charge is 2.25. The van der Waals surface area contributed by atoms with Crippen molar-refractivity contribution in [1.82, 2.24) is 20.4 Å². The summed E-state index contributed by atoms with van der Waals surface area (Å²) in [5.41, 5.74) is -0.201. The fourth-order valence-corrected chi connectivity index (χ4v) is 1.39. The molecule has 0 bridgehead atoms. The van der Waals surface area contributed by atoms with Gasteiger partial charge in [0.2, 0.25) is 5.89 Å². The summed E-state index contributed by atoms with van der Waals surface area (Å²) in [5, 5.41) is 15.7. The first-order chi connectivity index (χ1) is 9.16. The third-order valence-electron chi connectivity index (χ3n) is 3.07. The molecule has 0 fully saturated rings. The number of aromatic nitrogens is 2. The maximum Gasteiger partial charge on any atom is 0.318 e. The second-order valence-electron chi connectivity index (χ2n) is 6.02. The lowest BCUT2D eigenvalue weighted by Gasteiger charge is -2.24. The normalized spacial score (nSPS) is 14.8. The second kappa shape index (κ2) is 6.21. The lowest BCUT2D eigenvalue weighted by Crippen LogP contribution is -2.44. The highest BCUT2D eigenvalue weighted by Crippen LogP contribution is 2.20. The van der Waals surface area contributed by atoms with Crippen molar-refractivity contribution < 1.29 is 14.4 Å². The van der Waals surface area contributed by atoms with Crippen LogP contribution in [0.4, 0.5) is 4.79 Å². The summed E-state index contributed by atoms with van der Waals surface area (Å²) in [5.74, 6) is 0.971. The number of carbonyl (C=O) groups excluding carboxylic acids is 1. The molecular formula is C13H24N4O3. The Bertz CT molecular complexity index is 453. The van der Waals surface area contributed by atoms with Gasteiger partial charge in [-0.1, -0.05) is 25.9 Å². The predicted octanol–water partition coefficient (Wildman–Crippen LogP) is 1.45. The van der Waals surface area contributed by atoms with Crippen LogP contribution < -0.4 is 5.32 Å². The number of likely N-dealkylation sites (N-methyl/N-ethyl adjacent to an activating group) is 1. The van der Waals surface area contributed by atoms with Crippen molar-refractivity contribution in [3.05, 3.63) is 11.7 Å². The average Bonchev–Trinajstić information content (AvgIpc) is 2.86. The quantitative estimate of drug-likeness (QED) is 0.873. The van der Waals surface area contributed by atoms with Crippen molar-refractivity contribution in [3.63, 3.8) is 0 Å². The summed E-state index contributed by atoms with van der Waals surface area (Å²) in [6.07, 6.45) is 0. The lowest BCUT2D eigenvalue weighted by molar-refractivity contribution is 0.154. The number of rotatable bonds is 4. The van der Waals surface area contributed by atoms with Gasteiger partial charge in [-0.15, -0.1) is 0 Å². The van der Waals surface area contributed by atoms with Gasteiger partial charge in [0.15, 0.2) is 5.82 Å². The van der Waals surface area contributed by atoms with E-state index in [0.717, 1.165) is 0 Å². The van der Waals surface area contributed by atoms with E-state index in [1.807, 2.05) is 20.8 Å². The Morgan fingerprint density at radius 3 is 2.50 bits per heavy atom. The number of urea groups is 1. The predicted molar refractivity (Wildman–Crippen MR) is 74.3 cm³/mol. The molecule has 1 aromatic heterocycles. The molecule has 114 valence electrons. The zero-order chi connectivity index (χ0) is 15.5. The van der Waals surface area contributed by atoms with E-state index in [-0.39, 0.29) is 30.1 Å². The van der Waals surface area contributed by atoms with Crippen molar-refractivity contribution in [1.29, 1.82) is 0 Å². The molecule has 0 spiro atoms. The first kappa shape index (κ1) is 16.4. The summed E-state index contributed by atoms with van der Waals surface area (Å²) < 4.78 is 5.18. The second-order valence-corrected chi connectivity index (χ2v) is 6.02. The number of aliphatic hydroxyl groups excluding tert-OH is 1. The molecule has 0 aliphatic carbocycles. The molecule has 7 heteroatoms. The van der Waals surface area contributed by atoms with E-state index in [9.17, 15) is 4.79 Å². The lowest BCUT2D eigenvalue weighted by atomic mass is 9.96. The van der Waals surface area contributed by atoms with Gasteiger partial charge in [-0.25, -0.2) is 4.79 Å². The topological polar surface area (TPSA) is 91.5 Å². The van der Waals surface area contributed by atoms with Gasteiger partial charge in [0, 0.05) is 12.5 Å². The summed E-state index contributed by atoms with van der Waals surface area (Å²) in [6, 6.07) is -0.941. The van der Waals surface area contributed by atoms with Gasteiger partial charge < -0.3 is 19.8 Å². The summed E-state index contributed by atoms with van der Waals surface area (Å²) in [7, 11) is 1.62. The van der Waals surface area contributed by atoms with Crippen molar-refractivity contribution in [2.24, 2.45) is 0 Å². The summed E-state index contributed by atoms with van der Waals surface area (Å²) >= 11 is 0. The molecule has 1 aromatic rings. The average molecular weight is 284 g/mol. The molecule has 1 heterocycles. The van der Waals surface area contributed by atoms with Gasteiger partial charge in [0.1, 0.15) is 6.04 Å². The highest BCUT2D eigenvalue weighted by atomic mass is 16.5. The molecule has 0 aromatic carbocycles. The number of nitrogens with zero attached hydrogens (tertiary/aromatic N) is 3. The van der Waals surface area contributed by atoms with E-state index in [4.69, 9.17) is 9.63 Å². The SMILES string of the molecule is CC(NC(=O)N(C)C(C)CO)c1nc(C(C)(C)C)no1. The molecule has 0 radical (unpaired) electrons. The Morgan fingerprint density at radius 2 is 2.05 bits per heavy atom. The van der Waals surface area contributed by atoms with Crippen LogP contribution in [0.15, 0.2) is 4.52 Å². The number of hydrogen-bond acceptors (Lipinski definition) is 5. The van der Waals surface area contributed by atoms with Crippen LogP contribution >= 0.6 is 0 Å². The Kier molecular flexibility index (Phi) is 5.10.